The maximum absolute atomic E-state index is 13.2. The normalized spacial score (nSPS) is 21.0. The molecule has 0 aliphatic carbocycles. The van der Waals surface area contributed by atoms with E-state index in [1.165, 1.54) is 16.4 Å². The zero-order valence-corrected chi connectivity index (χ0v) is 19.8. The molecule has 0 radical (unpaired) electrons. The molecular formula is C24H29FN2O5S. The molecule has 1 fully saturated rings. The summed E-state index contributed by atoms with van der Waals surface area (Å²) in [6, 6.07) is 10.2. The molecule has 1 atom stereocenters. The number of carbonyl (C=O) groups excluding carboxylic acids is 1. The summed E-state index contributed by atoms with van der Waals surface area (Å²) in [5.74, 6) is 0.527. The number of nitrogens with one attached hydrogen (secondary N) is 1. The van der Waals surface area contributed by atoms with Crippen LogP contribution in [0.3, 0.4) is 0 Å². The number of ether oxygens (including phenoxy) is 2. The Hall–Kier alpha value is -2.65. The largest absolute Gasteiger partial charge is 0.497 e. The monoisotopic (exact) mass is 476 g/mol. The minimum Gasteiger partial charge on any atom is -0.497 e. The van der Waals surface area contributed by atoms with E-state index in [-0.39, 0.29) is 35.9 Å². The topological polar surface area (TPSA) is 84.9 Å². The maximum atomic E-state index is 13.2. The van der Waals surface area contributed by atoms with E-state index < -0.39 is 21.4 Å². The van der Waals surface area contributed by atoms with Crippen LogP contribution in [0.1, 0.15) is 44.7 Å². The molecule has 33 heavy (non-hydrogen) atoms. The van der Waals surface area contributed by atoms with E-state index in [9.17, 15) is 17.6 Å². The number of fused-ring (bicyclic) bond motifs is 1. The van der Waals surface area contributed by atoms with Gasteiger partial charge in [0.2, 0.25) is 15.9 Å². The van der Waals surface area contributed by atoms with Crippen molar-refractivity contribution in [3.63, 3.8) is 0 Å². The highest BCUT2D eigenvalue weighted by Gasteiger charge is 2.37. The second kappa shape index (κ2) is 8.95. The lowest BCUT2D eigenvalue weighted by atomic mass is 9.88. The van der Waals surface area contributed by atoms with Crippen molar-refractivity contribution in [3.05, 3.63) is 53.8 Å². The number of rotatable bonds is 5. The second-order valence-electron chi connectivity index (χ2n) is 9.16. The van der Waals surface area contributed by atoms with Crippen molar-refractivity contribution in [3.8, 4) is 11.5 Å². The predicted molar refractivity (Wildman–Crippen MR) is 121 cm³/mol. The number of hydrogen-bond donors (Lipinski definition) is 1. The summed E-state index contributed by atoms with van der Waals surface area (Å²) in [5.41, 5.74) is 0.448. The van der Waals surface area contributed by atoms with E-state index in [1.54, 1.807) is 7.11 Å². The zero-order chi connectivity index (χ0) is 23.8. The molecule has 0 unspecified atom stereocenters. The van der Waals surface area contributed by atoms with Gasteiger partial charge in [0.25, 0.3) is 0 Å². The summed E-state index contributed by atoms with van der Waals surface area (Å²) in [7, 11) is -2.12. The van der Waals surface area contributed by atoms with E-state index in [0.717, 1.165) is 17.7 Å². The Bertz CT molecular complexity index is 1130. The van der Waals surface area contributed by atoms with Crippen LogP contribution >= 0.6 is 0 Å². The fourth-order valence-electron chi connectivity index (χ4n) is 4.49. The molecule has 0 aromatic heterocycles. The number of benzene rings is 2. The molecule has 7 nitrogen and oxygen atoms in total. The van der Waals surface area contributed by atoms with Crippen LogP contribution in [0.15, 0.2) is 47.4 Å². The van der Waals surface area contributed by atoms with Gasteiger partial charge in [-0.1, -0.05) is 0 Å². The standard InChI is InChI=1S/C24H29FN2O5S/c1-24(2)15-21(20-9-6-18(31-3)14-22(20)32-24)26-23(28)16-10-12-27(13-11-16)33(29,30)19-7-4-17(25)5-8-19/h4-9,14,16,21H,10-13,15H2,1-3H3,(H,26,28)/t21-/m0/s1. The lowest BCUT2D eigenvalue weighted by Gasteiger charge is -2.39. The number of methoxy groups -OCH3 is 1. The first-order valence-electron chi connectivity index (χ1n) is 11.0. The molecule has 1 amide bonds. The first kappa shape index (κ1) is 23.5. The molecule has 0 spiro atoms. The highest BCUT2D eigenvalue weighted by molar-refractivity contribution is 7.89. The molecule has 1 saturated heterocycles. The molecule has 2 aromatic rings. The third-order valence-electron chi connectivity index (χ3n) is 6.27. The maximum Gasteiger partial charge on any atom is 0.243 e. The number of halogens is 1. The molecule has 2 aliphatic heterocycles. The zero-order valence-electron chi connectivity index (χ0n) is 19.0. The van der Waals surface area contributed by atoms with E-state index in [2.05, 4.69) is 5.32 Å². The van der Waals surface area contributed by atoms with E-state index in [1.807, 2.05) is 32.0 Å². The molecule has 1 N–H and O–H groups in total. The Labute approximate surface area is 193 Å². The van der Waals surface area contributed by atoms with Gasteiger partial charge in [0.05, 0.1) is 18.0 Å². The van der Waals surface area contributed by atoms with Crippen molar-refractivity contribution in [1.82, 2.24) is 9.62 Å². The third-order valence-corrected chi connectivity index (χ3v) is 8.18. The minimum atomic E-state index is -3.71. The van der Waals surface area contributed by atoms with Crippen LogP contribution in [0.4, 0.5) is 4.39 Å². The lowest BCUT2D eigenvalue weighted by Crippen LogP contribution is -2.46. The summed E-state index contributed by atoms with van der Waals surface area (Å²) < 4.78 is 51.6. The van der Waals surface area contributed by atoms with Crippen LogP contribution in [0.25, 0.3) is 0 Å². The summed E-state index contributed by atoms with van der Waals surface area (Å²) in [5, 5.41) is 3.16. The Balaban J connectivity index is 1.42. The number of carbonyl (C=O) groups is 1. The molecule has 2 aromatic carbocycles. The number of piperidine rings is 1. The molecule has 4 rings (SSSR count). The van der Waals surface area contributed by atoms with Crippen molar-refractivity contribution in [2.75, 3.05) is 20.2 Å². The molecular weight excluding hydrogens is 447 g/mol. The average molecular weight is 477 g/mol. The smallest absolute Gasteiger partial charge is 0.243 e. The van der Waals surface area contributed by atoms with Gasteiger partial charge < -0.3 is 14.8 Å². The van der Waals surface area contributed by atoms with Gasteiger partial charge in [-0.3, -0.25) is 4.79 Å². The molecule has 9 heteroatoms. The summed E-state index contributed by atoms with van der Waals surface area (Å²) in [4.78, 5) is 13.1. The molecule has 2 aliphatic rings. The van der Waals surface area contributed by atoms with Gasteiger partial charge in [-0.25, -0.2) is 12.8 Å². The summed E-state index contributed by atoms with van der Waals surface area (Å²) in [6.45, 7) is 4.44. The molecule has 0 saturated carbocycles. The van der Waals surface area contributed by atoms with Crippen LogP contribution in [0, 0.1) is 11.7 Å². The molecule has 2 heterocycles. The van der Waals surface area contributed by atoms with E-state index in [4.69, 9.17) is 9.47 Å². The van der Waals surface area contributed by atoms with Gasteiger partial charge in [-0.05, 0) is 63.1 Å². The average Bonchev–Trinajstić information content (AvgIpc) is 2.78. The van der Waals surface area contributed by atoms with Crippen LogP contribution < -0.4 is 14.8 Å². The SMILES string of the molecule is COc1ccc2c(c1)OC(C)(C)C[C@@H]2NC(=O)C1CCN(S(=O)(=O)c2ccc(F)cc2)CC1. The minimum absolute atomic E-state index is 0.0586. The van der Waals surface area contributed by atoms with Gasteiger partial charge in [0.15, 0.2) is 0 Å². The first-order valence-corrected chi connectivity index (χ1v) is 12.5. The van der Waals surface area contributed by atoms with Gasteiger partial charge in [-0.2, -0.15) is 4.31 Å². The van der Waals surface area contributed by atoms with Crippen LogP contribution in [0.2, 0.25) is 0 Å². The van der Waals surface area contributed by atoms with Gasteiger partial charge in [0, 0.05) is 37.1 Å². The van der Waals surface area contributed by atoms with Crippen LogP contribution in [0.5, 0.6) is 11.5 Å². The first-order chi connectivity index (χ1) is 15.6. The third kappa shape index (κ3) is 4.99. The predicted octanol–water partition coefficient (Wildman–Crippen LogP) is 3.65. The Morgan fingerprint density at radius 1 is 1.15 bits per heavy atom. The summed E-state index contributed by atoms with van der Waals surface area (Å²) in [6.07, 6.45) is 1.47. The van der Waals surface area contributed by atoms with E-state index in [0.29, 0.717) is 30.8 Å². The molecule has 178 valence electrons. The fraction of sp³-hybridized carbons (Fsp3) is 0.458. The lowest BCUT2D eigenvalue weighted by molar-refractivity contribution is -0.127. The quantitative estimate of drug-likeness (QED) is 0.712. The van der Waals surface area contributed by atoms with Crippen molar-refractivity contribution in [1.29, 1.82) is 0 Å². The number of nitrogens with zero attached hydrogens (tertiary/aromatic N) is 1. The highest BCUT2D eigenvalue weighted by atomic mass is 32.2. The fourth-order valence-corrected chi connectivity index (χ4v) is 5.96. The molecule has 0 bridgehead atoms. The number of amides is 1. The van der Waals surface area contributed by atoms with Gasteiger partial charge >= 0.3 is 0 Å². The Morgan fingerprint density at radius 2 is 1.82 bits per heavy atom. The van der Waals surface area contributed by atoms with Gasteiger partial charge in [0.1, 0.15) is 22.9 Å². The highest BCUT2D eigenvalue weighted by Crippen LogP contribution is 2.41. The van der Waals surface area contributed by atoms with Gasteiger partial charge in [-0.15, -0.1) is 0 Å². The second-order valence-corrected chi connectivity index (χ2v) is 11.1. The Kier molecular flexibility index (Phi) is 6.37. The van der Waals surface area contributed by atoms with Crippen LogP contribution in [-0.2, 0) is 14.8 Å². The van der Waals surface area contributed by atoms with Crippen molar-refractivity contribution < 1.29 is 27.1 Å². The number of sulfonamides is 1. The van der Waals surface area contributed by atoms with Crippen molar-refractivity contribution in [2.45, 2.75) is 49.6 Å². The Morgan fingerprint density at radius 3 is 2.45 bits per heavy atom. The van der Waals surface area contributed by atoms with Crippen molar-refractivity contribution in [2.24, 2.45) is 5.92 Å². The summed E-state index contributed by atoms with van der Waals surface area (Å²) >= 11 is 0. The number of hydrogen-bond acceptors (Lipinski definition) is 5. The van der Waals surface area contributed by atoms with E-state index >= 15 is 0 Å². The van der Waals surface area contributed by atoms with Crippen molar-refractivity contribution >= 4 is 15.9 Å². The van der Waals surface area contributed by atoms with Crippen LogP contribution in [-0.4, -0.2) is 44.4 Å².